The van der Waals surface area contributed by atoms with Crippen LogP contribution in [0.15, 0.2) is 48.7 Å². The summed E-state index contributed by atoms with van der Waals surface area (Å²) in [6.07, 6.45) is 1.34. The minimum absolute atomic E-state index is 0.253. The second-order valence-electron chi connectivity index (χ2n) is 9.40. The molecule has 0 atom stereocenters. The zero-order valence-corrected chi connectivity index (χ0v) is 21.4. The third kappa shape index (κ3) is 5.87. The number of hydrogen-bond donors (Lipinski definition) is 0. The summed E-state index contributed by atoms with van der Waals surface area (Å²) < 4.78 is 16.6. The number of nitrogens with zero attached hydrogens (tertiary/aromatic N) is 2. The largest absolute Gasteiger partial charge is 0.497 e. The van der Waals surface area contributed by atoms with Crippen LogP contribution in [0, 0.1) is 20.8 Å². The van der Waals surface area contributed by atoms with Gasteiger partial charge < -0.3 is 14.2 Å². The van der Waals surface area contributed by atoms with E-state index in [2.05, 4.69) is 11.1 Å². The van der Waals surface area contributed by atoms with E-state index < -0.39 is 11.7 Å². The van der Waals surface area contributed by atoms with Gasteiger partial charge in [0.2, 0.25) is 0 Å². The van der Waals surface area contributed by atoms with Crippen LogP contribution in [0.2, 0.25) is 0 Å². The van der Waals surface area contributed by atoms with Gasteiger partial charge in [0.15, 0.2) is 0 Å². The fourth-order valence-electron chi connectivity index (χ4n) is 3.83. The molecule has 0 radical (unpaired) electrons. The number of hydrogen-bond acceptors (Lipinski definition) is 5. The van der Waals surface area contributed by atoms with Gasteiger partial charge in [-0.05, 0) is 82.5 Å². The van der Waals surface area contributed by atoms with Crippen LogP contribution in [0.4, 0.5) is 10.5 Å². The van der Waals surface area contributed by atoms with Gasteiger partial charge in [0.05, 0.1) is 26.5 Å². The van der Waals surface area contributed by atoms with Crippen LogP contribution >= 0.6 is 0 Å². The highest BCUT2D eigenvalue weighted by atomic mass is 16.6. The molecule has 6 nitrogen and oxygen atoms in total. The lowest BCUT2D eigenvalue weighted by atomic mass is 10.0. The molecule has 0 unspecified atom stereocenters. The first-order valence-electron chi connectivity index (χ1n) is 11.3. The average Bonchev–Trinajstić information content (AvgIpc) is 2.77. The Morgan fingerprint density at radius 3 is 2.21 bits per heavy atom. The molecule has 0 spiro atoms. The average molecular weight is 463 g/mol. The molecule has 0 fully saturated rings. The lowest BCUT2D eigenvalue weighted by Crippen LogP contribution is -2.37. The number of carbonyl (C=O) groups is 1. The van der Waals surface area contributed by atoms with Crippen molar-refractivity contribution in [1.82, 2.24) is 4.98 Å². The van der Waals surface area contributed by atoms with Crippen LogP contribution < -0.4 is 14.4 Å². The van der Waals surface area contributed by atoms with E-state index >= 15 is 0 Å². The Morgan fingerprint density at radius 2 is 1.62 bits per heavy atom. The summed E-state index contributed by atoms with van der Waals surface area (Å²) in [6, 6.07) is 13.9. The summed E-state index contributed by atoms with van der Waals surface area (Å²) in [4.78, 5) is 19.6. The van der Waals surface area contributed by atoms with Gasteiger partial charge in [-0.15, -0.1) is 0 Å². The molecule has 180 valence electrons. The van der Waals surface area contributed by atoms with Crippen molar-refractivity contribution < 1.29 is 19.0 Å². The molecule has 1 aromatic heterocycles. The minimum Gasteiger partial charge on any atom is -0.497 e. The number of pyridine rings is 1. The van der Waals surface area contributed by atoms with Crippen molar-refractivity contribution in [2.45, 2.75) is 53.7 Å². The highest BCUT2D eigenvalue weighted by molar-refractivity contribution is 5.89. The maximum atomic E-state index is 13.4. The number of carbonyl (C=O) groups excluding carboxylic acids is 1. The van der Waals surface area contributed by atoms with Gasteiger partial charge in [-0.2, -0.15) is 0 Å². The highest BCUT2D eigenvalue weighted by Crippen LogP contribution is 2.31. The fourth-order valence-corrected chi connectivity index (χ4v) is 3.83. The van der Waals surface area contributed by atoms with Gasteiger partial charge >= 0.3 is 6.09 Å². The summed E-state index contributed by atoms with van der Waals surface area (Å²) >= 11 is 0. The van der Waals surface area contributed by atoms with E-state index in [0.717, 1.165) is 50.7 Å². The molecule has 0 saturated carbocycles. The van der Waals surface area contributed by atoms with Crippen molar-refractivity contribution in [2.24, 2.45) is 0 Å². The summed E-state index contributed by atoms with van der Waals surface area (Å²) in [5.74, 6) is 1.57. The maximum absolute atomic E-state index is 13.4. The number of benzene rings is 2. The summed E-state index contributed by atoms with van der Waals surface area (Å²) in [7, 11) is 3.29. The lowest BCUT2D eigenvalue weighted by molar-refractivity contribution is 0.0577. The number of methoxy groups -OCH3 is 2. The van der Waals surface area contributed by atoms with E-state index in [0.29, 0.717) is 0 Å². The monoisotopic (exact) mass is 462 g/mol. The Kier molecular flexibility index (Phi) is 7.50. The molecule has 0 aliphatic rings. The van der Waals surface area contributed by atoms with Crippen LogP contribution in [0.1, 0.15) is 43.2 Å². The molecule has 1 amide bonds. The third-order valence-electron chi connectivity index (χ3n) is 5.47. The highest BCUT2D eigenvalue weighted by Gasteiger charge is 2.26. The first-order valence-corrected chi connectivity index (χ1v) is 11.3. The zero-order valence-electron chi connectivity index (χ0n) is 21.4. The fraction of sp³-hybridized carbons (Fsp3) is 0.357. The predicted octanol–water partition coefficient (Wildman–Crippen LogP) is 6.63. The number of aromatic nitrogens is 1. The second-order valence-corrected chi connectivity index (χ2v) is 9.40. The van der Waals surface area contributed by atoms with E-state index in [1.807, 2.05) is 77.9 Å². The SMILES string of the molecule is COc1ccc(-c2cc(C)cc(N(Cc3ncc(C)c(OC)c3C)C(=O)OC(C)(C)C)c2)cc1. The molecular weight excluding hydrogens is 428 g/mol. The zero-order chi connectivity index (χ0) is 25.0. The molecule has 0 N–H and O–H groups in total. The standard InChI is InChI=1S/C28H34N2O4/c1-18-13-22(21-9-11-24(32-7)12-10-21)15-23(14-18)30(27(31)34-28(4,5)6)17-25-20(3)26(33-8)19(2)16-29-25/h9-16H,17H2,1-8H3. The molecule has 6 heteroatoms. The van der Waals surface area contributed by atoms with Crippen molar-refractivity contribution in [3.05, 3.63) is 71.0 Å². The molecule has 0 bridgehead atoms. The van der Waals surface area contributed by atoms with E-state index in [1.165, 1.54) is 0 Å². The Morgan fingerprint density at radius 1 is 0.941 bits per heavy atom. The van der Waals surface area contributed by atoms with Gasteiger partial charge in [0.1, 0.15) is 17.1 Å². The quantitative estimate of drug-likeness (QED) is 0.411. The topological polar surface area (TPSA) is 60.9 Å². The minimum atomic E-state index is -0.634. The molecule has 2 aromatic carbocycles. The summed E-state index contributed by atoms with van der Waals surface area (Å²) in [5, 5.41) is 0. The van der Waals surface area contributed by atoms with E-state index in [4.69, 9.17) is 14.2 Å². The Balaban J connectivity index is 2.08. The van der Waals surface area contributed by atoms with Gasteiger partial charge in [-0.3, -0.25) is 9.88 Å². The van der Waals surface area contributed by atoms with Crippen LogP contribution in [0.25, 0.3) is 11.1 Å². The molecule has 3 aromatic rings. The van der Waals surface area contributed by atoms with Gasteiger partial charge in [0.25, 0.3) is 0 Å². The second kappa shape index (κ2) is 10.2. The number of anilines is 1. The normalized spacial score (nSPS) is 11.2. The number of aryl methyl sites for hydroxylation is 2. The first kappa shape index (κ1) is 25.1. The Bertz CT molecular complexity index is 1160. The van der Waals surface area contributed by atoms with Crippen molar-refractivity contribution in [3.63, 3.8) is 0 Å². The first-order chi connectivity index (χ1) is 16.0. The maximum Gasteiger partial charge on any atom is 0.415 e. The van der Waals surface area contributed by atoms with Crippen molar-refractivity contribution in [2.75, 3.05) is 19.1 Å². The van der Waals surface area contributed by atoms with Crippen LogP contribution in [-0.2, 0) is 11.3 Å². The molecule has 3 rings (SSSR count). The number of rotatable bonds is 6. The molecule has 0 aliphatic heterocycles. The molecule has 0 saturated heterocycles. The summed E-state index contributed by atoms with van der Waals surface area (Å²) in [6.45, 7) is 11.8. The van der Waals surface area contributed by atoms with Gasteiger partial charge in [0, 0.05) is 23.0 Å². The Hall–Kier alpha value is -3.54. The van der Waals surface area contributed by atoms with Crippen LogP contribution in [0.5, 0.6) is 11.5 Å². The number of amides is 1. The van der Waals surface area contributed by atoms with Crippen LogP contribution in [-0.4, -0.2) is 30.9 Å². The van der Waals surface area contributed by atoms with Gasteiger partial charge in [-0.1, -0.05) is 18.2 Å². The molecule has 1 heterocycles. The van der Waals surface area contributed by atoms with Crippen molar-refractivity contribution >= 4 is 11.8 Å². The summed E-state index contributed by atoms with van der Waals surface area (Å²) in [5.41, 5.74) is 5.76. The van der Waals surface area contributed by atoms with E-state index in [9.17, 15) is 4.79 Å². The predicted molar refractivity (Wildman–Crippen MR) is 136 cm³/mol. The van der Waals surface area contributed by atoms with Crippen LogP contribution in [0.3, 0.4) is 0 Å². The molecule has 34 heavy (non-hydrogen) atoms. The lowest BCUT2D eigenvalue weighted by Gasteiger charge is -2.28. The van der Waals surface area contributed by atoms with Gasteiger partial charge in [-0.25, -0.2) is 4.79 Å². The van der Waals surface area contributed by atoms with E-state index in [1.54, 1.807) is 25.3 Å². The van der Waals surface area contributed by atoms with Crippen molar-refractivity contribution in [3.8, 4) is 22.6 Å². The molecular formula is C28H34N2O4. The third-order valence-corrected chi connectivity index (χ3v) is 5.47. The van der Waals surface area contributed by atoms with Crippen molar-refractivity contribution in [1.29, 1.82) is 0 Å². The van der Waals surface area contributed by atoms with E-state index in [-0.39, 0.29) is 6.54 Å². The molecule has 0 aliphatic carbocycles. The Labute approximate surface area is 202 Å². The number of ether oxygens (including phenoxy) is 3. The smallest absolute Gasteiger partial charge is 0.415 e.